The van der Waals surface area contributed by atoms with E-state index in [0.717, 1.165) is 7.11 Å². The Labute approximate surface area is 91.9 Å². The Morgan fingerprint density at radius 2 is 1.50 bits per heavy atom. The van der Waals surface area contributed by atoms with Gasteiger partial charge in [0.1, 0.15) is 0 Å². The Bertz CT molecular complexity index is 219. The molecule has 0 amide bonds. The average Bonchev–Trinajstić information content (AvgIpc) is 2.16. The SMILES string of the molecule is COC(F)(F)C1CCC(OC(C)(F)F)CC1. The summed E-state index contributed by atoms with van der Waals surface area (Å²) in [6.45, 7) is 0.656. The van der Waals surface area contributed by atoms with Gasteiger partial charge in [-0.2, -0.15) is 17.6 Å². The van der Waals surface area contributed by atoms with Crippen LogP contribution in [0.3, 0.4) is 0 Å². The third-order valence-corrected chi connectivity index (χ3v) is 2.80. The van der Waals surface area contributed by atoms with E-state index in [1.807, 2.05) is 0 Å². The van der Waals surface area contributed by atoms with E-state index in [9.17, 15) is 17.6 Å². The van der Waals surface area contributed by atoms with Crippen LogP contribution in [0.4, 0.5) is 17.6 Å². The van der Waals surface area contributed by atoms with Crippen LogP contribution >= 0.6 is 0 Å². The van der Waals surface area contributed by atoms with Gasteiger partial charge in [0.15, 0.2) is 0 Å². The highest BCUT2D eigenvalue weighted by Gasteiger charge is 2.42. The molecule has 1 aliphatic rings. The topological polar surface area (TPSA) is 18.5 Å². The van der Waals surface area contributed by atoms with Gasteiger partial charge in [0.25, 0.3) is 0 Å². The van der Waals surface area contributed by atoms with Gasteiger partial charge >= 0.3 is 12.2 Å². The van der Waals surface area contributed by atoms with Crippen LogP contribution in [0, 0.1) is 5.92 Å². The zero-order chi connectivity index (χ0) is 12.4. The normalized spacial score (nSPS) is 28.1. The Morgan fingerprint density at radius 3 is 1.88 bits per heavy atom. The number of ether oxygens (including phenoxy) is 2. The van der Waals surface area contributed by atoms with Gasteiger partial charge in [0.2, 0.25) is 0 Å². The summed E-state index contributed by atoms with van der Waals surface area (Å²) in [7, 11) is 0.947. The smallest absolute Gasteiger partial charge is 0.324 e. The molecule has 1 rings (SSSR count). The third-order valence-electron chi connectivity index (χ3n) is 2.80. The molecule has 0 aliphatic heterocycles. The lowest BCUT2D eigenvalue weighted by molar-refractivity contribution is -0.280. The fraction of sp³-hybridized carbons (Fsp3) is 1.00. The summed E-state index contributed by atoms with van der Waals surface area (Å²) in [6, 6.07) is 0. The molecule has 1 saturated carbocycles. The Morgan fingerprint density at radius 1 is 1.00 bits per heavy atom. The maximum Gasteiger partial charge on any atom is 0.358 e. The van der Waals surface area contributed by atoms with Crippen LogP contribution in [0.2, 0.25) is 0 Å². The van der Waals surface area contributed by atoms with Crippen LogP contribution in [0.5, 0.6) is 0 Å². The van der Waals surface area contributed by atoms with E-state index in [-0.39, 0.29) is 25.7 Å². The van der Waals surface area contributed by atoms with Crippen LogP contribution in [-0.4, -0.2) is 25.4 Å². The van der Waals surface area contributed by atoms with Gasteiger partial charge in [0.05, 0.1) is 12.0 Å². The van der Waals surface area contributed by atoms with Crippen LogP contribution in [0.25, 0.3) is 0 Å². The predicted molar refractivity (Wildman–Crippen MR) is 49.4 cm³/mol. The molecule has 0 radical (unpaired) electrons. The molecular weight excluding hydrogens is 228 g/mol. The van der Waals surface area contributed by atoms with Crippen LogP contribution in [-0.2, 0) is 9.47 Å². The van der Waals surface area contributed by atoms with E-state index >= 15 is 0 Å². The average molecular weight is 244 g/mol. The summed E-state index contributed by atoms with van der Waals surface area (Å²) in [5.41, 5.74) is 0. The largest absolute Gasteiger partial charge is 0.358 e. The first kappa shape index (κ1) is 13.7. The second-order valence-electron chi connectivity index (χ2n) is 4.17. The zero-order valence-electron chi connectivity index (χ0n) is 9.31. The minimum absolute atomic E-state index is 0.140. The summed E-state index contributed by atoms with van der Waals surface area (Å²) in [5, 5.41) is 0. The molecule has 0 atom stereocenters. The van der Waals surface area contributed by atoms with Crippen LogP contribution in [0.15, 0.2) is 0 Å². The van der Waals surface area contributed by atoms with Crippen LogP contribution < -0.4 is 0 Å². The van der Waals surface area contributed by atoms with Crippen LogP contribution in [0.1, 0.15) is 32.6 Å². The molecular formula is C10H16F4O2. The van der Waals surface area contributed by atoms with Gasteiger partial charge < -0.3 is 9.47 Å². The zero-order valence-corrected chi connectivity index (χ0v) is 9.31. The summed E-state index contributed by atoms with van der Waals surface area (Å²) in [5.74, 6) is -0.900. The highest BCUT2D eigenvalue weighted by molar-refractivity contribution is 4.78. The molecule has 0 aromatic heterocycles. The molecule has 0 aromatic rings. The molecule has 6 heteroatoms. The lowest BCUT2D eigenvalue weighted by Gasteiger charge is -2.33. The fourth-order valence-corrected chi connectivity index (χ4v) is 1.98. The van der Waals surface area contributed by atoms with E-state index < -0.39 is 24.2 Å². The van der Waals surface area contributed by atoms with E-state index in [0.29, 0.717) is 6.92 Å². The predicted octanol–water partition coefficient (Wildman–Crippen LogP) is 3.41. The number of hydrogen-bond acceptors (Lipinski definition) is 2. The highest BCUT2D eigenvalue weighted by atomic mass is 19.3. The van der Waals surface area contributed by atoms with Crippen molar-refractivity contribution in [2.75, 3.05) is 7.11 Å². The lowest BCUT2D eigenvalue weighted by atomic mass is 9.86. The van der Waals surface area contributed by atoms with Gasteiger partial charge in [0, 0.05) is 14.0 Å². The summed E-state index contributed by atoms with van der Waals surface area (Å²) in [4.78, 5) is 0. The van der Waals surface area contributed by atoms with E-state index in [1.54, 1.807) is 0 Å². The number of hydrogen-bond donors (Lipinski definition) is 0. The lowest BCUT2D eigenvalue weighted by Crippen LogP contribution is -2.36. The molecule has 0 unspecified atom stereocenters. The Balaban J connectivity index is 2.40. The summed E-state index contributed by atoms with van der Waals surface area (Å²) >= 11 is 0. The summed E-state index contributed by atoms with van der Waals surface area (Å²) < 4.78 is 59.7. The van der Waals surface area contributed by atoms with Gasteiger partial charge in [-0.3, -0.25) is 0 Å². The second-order valence-corrected chi connectivity index (χ2v) is 4.17. The van der Waals surface area contributed by atoms with E-state index in [2.05, 4.69) is 9.47 Å². The van der Waals surface area contributed by atoms with Crippen molar-refractivity contribution in [3.63, 3.8) is 0 Å². The fourth-order valence-electron chi connectivity index (χ4n) is 1.98. The van der Waals surface area contributed by atoms with Gasteiger partial charge in [-0.25, -0.2) is 0 Å². The molecule has 0 spiro atoms. The minimum atomic E-state index is -3.19. The molecule has 2 nitrogen and oxygen atoms in total. The first-order valence-electron chi connectivity index (χ1n) is 5.23. The molecule has 96 valence electrons. The molecule has 1 aliphatic carbocycles. The van der Waals surface area contributed by atoms with Crippen molar-refractivity contribution < 1.29 is 27.0 Å². The monoisotopic (exact) mass is 244 g/mol. The van der Waals surface area contributed by atoms with Crippen molar-refractivity contribution >= 4 is 0 Å². The standard InChI is InChI=1S/C10H16F4O2/c1-9(11,12)16-8-5-3-7(4-6-8)10(13,14)15-2/h7-8H,3-6H2,1-2H3. The number of alkyl halides is 4. The number of halogens is 4. The van der Waals surface area contributed by atoms with Crippen molar-refractivity contribution in [3.05, 3.63) is 0 Å². The van der Waals surface area contributed by atoms with E-state index in [1.165, 1.54) is 0 Å². The highest BCUT2D eigenvalue weighted by Crippen LogP contribution is 2.38. The molecule has 0 bridgehead atoms. The molecule has 16 heavy (non-hydrogen) atoms. The molecule has 0 N–H and O–H groups in total. The second kappa shape index (κ2) is 4.87. The molecule has 0 heterocycles. The Kier molecular flexibility index (Phi) is 4.17. The van der Waals surface area contributed by atoms with Crippen molar-refractivity contribution in [1.82, 2.24) is 0 Å². The number of rotatable bonds is 4. The quantitative estimate of drug-likeness (QED) is 0.705. The maximum absolute atomic E-state index is 13.1. The maximum atomic E-state index is 13.1. The van der Waals surface area contributed by atoms with Crippen molar-refractivity contribution in [2.45, 2.75) is 50.9 Å². The van der Waals surface area contributed by atoms with Gasteiger partial charge in [-0.1, -0.05) is 0 Å². The van der Waals surface area contributed by atoms with Gasteiger partial charge in [-0.15, -0.1) is 0 Å². The first-order chi connectivity index (χ1) is 7.24. The van der Waals surface area contributed by atoms with E-state index in [4.69, 9.17) is 0 Å². The molecule has 0 aromatic carbocycles. The van der Waals surface area contributed by atoms with Crippen molar-refractivity contribution in [1.29, 1.82) is 0 Å². The molecule has 0 saturated heterocycles. The third kappa shape index (κ3) is 3.90. The van der Waals surface area contributed by atoms with Crippen molar-refractivity contribution in [2.24, 2.45) is 5.92 Å². The van der Waals surface area contributed by atoms with Gasteiger partial charge in [-0.05, 0) is 25.7 Å². The first-order valence-corrected chi connectivity index (χ1v) is 5.23. The minimum Gasteiger partial charge on any atom is -0.324 e. The number of methoxy groups -OCH3 is 1. The summed E-state index contributed by atoms with van der Waals surface area (Å²) in [6.07, 6.45) is -6.28. The van der Waals surface area contributed by atoms with Crippen molar-refractivity contribution in [3.8, 4) is 0 Å². The molecule has 1 fully saturated rings. The Hall–Kier alpha value is -0.360.